The molecular formula is C9H11N. The highest BCUT2D eigenvalue weighted by Gasteiger charge is 1.88. The van der Waals surface area contributed by atoms with Crippen molar-refractivity contribution in [2.45, 2.75) is 6.92 Å². The first-order chi connectivity index (χ1) is 4.93. The van der Waals surface area contributed by atoms with Crippen LogP contribution < -0.4 is 0 Å². The zero-order chi connectivity index (χ0) is 7.23. The Morgan fingerprint density at radius 2 is 2.40 bits per heavy atom. The first-order valence-electron chi connectivity index (χ1n) is 3.43. The Labute approximate surface area is 61.5 Å². The molecule has 0 saturated heterocycles. The summed E-state index contributed by atoms with van der Waals surface area (Å²) < 4.78 is 0. The average molecular weight is 133 g/mol. The molecule has 0 spiro atoms. The van der Waals surface area contributed by atoms with Gasteiger partial charge in [0.05, 0.1) is 6.54 Å². The molecular weight excluding hydrogens is 122 g/mol. The van der Waals surface area contributed by atoms with Crippen molar-refractivity contribution in [3.63, 3.8) is 0 Å². The maximum Gasteiger partial charge on any atom is 0.0569 e. The van der Waals surface area contributed by atoms with Crippen LogP contribution in [0.4, 0.5) is 0 Å². The summed E-state index contributed by atoms with van der Waals surface area (Å²) in [7, 11) is 0. The van der Waals surface area contributed by atoms with E-state index >= 15 is 0 Å². The summed E-state index contributed by atoms with van der Waals surface area (Å²) in [6.07, 6.45) is 12.1. The highest BCUT2D eigenvalue weighted by atomic mass is 14.7. The van der Waals surface area contributed by atoms with Crippen molar-refractivity contribution in [2.24, 2.45) is 4.99 Å². The Bertz CT molecular complexity index is 207. The van der Waals surface area contributed by atoms with Crippen molar-refractivity contribution in [3.8, 4) is 0 Å². The van der Waals surface area contributed by atoms with Gasteiger partial charge in [0.2, 0.25) is 0 Å². The normalized spacial score (nSPS) is 16.3. The summed E-state index contributed by atoms with van der Waals surface area (Å²) >= 11 is 0. The predicted octanol–water partition coefficient (Wildman–Crippen LogP) is 2.13. The molecule has 0 atom stereocenters. The van der Waals surface area contributed by atoms with Crippen LogP contribution in [-0.4, -0.2) is 12.8 Å². The molecule has 0 bridgehead atoms. The molecule has 0 N–H and O–H groups in total. The molecule has 1 nitrogen and oxygen atoms in total. The van der Waals surface area contributed by atoms with E-state index in [1.54, 1.807) is 0 Å². The SMILES string of the molecule is CC=NC/C=C\C1=CC=C1. The Morgan fingerprint density at radius 1 is 1.60 bits per heavy atom. The smallest absolute Gasteiger partial charge is 0.0569 e. The van der Waals surface area contributed by atoms with Crippen molar-refractivity contribution in [1.82, 2.24) is 0 Å². The lowest BCUT2D eigenvalue weighted by Gasteiger charge is -1.97. The van der Waals surface area contributed by atoms with Gasteiger partial charge in [-0.3, -0.25) is 4.99 Å². The zero-order valence-electron chi connectivity index (χ0n) is 6.12. The largest absolute Gasteiger partial charge is 0.294 e. The highest BCUT2D eigenvalue weighted by molar-refractivity contribution is 5.53. The lowest BCUT2D eigenvalue weighted by molar-refractivity contribution is 1.25. The monoisotopic (exact) mass is 133 g/mol. The van der Waals surface area contributed by atoms with Gasteiger partial charge in [-0.05, 0) is 18.7 Å². The van der Waals surface area contributed by atoms with Gasteiger partial charge >= 0.3 is 0 Å². The maximum absolute atomic E-state index is 4.04. The quantitative estimate of drug-likeness (QED) is 0.523. The number of nitrogens with zero attached hydrogens (tertiary/aromatic N) is 1. The van der Waals surface area contributed by atoms with Crippen LogP contribution >= 0.6 is 0 Å². The van der Waals surface area contributed by atoms with Gasteiger partial charge in [-0.15, -0.1) is 0 Å². The van der Waals surface area contributed by atoms with Crippen molar-refractivity contribution < 1.29 is 0 Å². The Hall–Kier alpha value is -1.11. The molecule has 0 aromatic rings. The van der Waals surface area contributed by atoms with Crippen molar-refractivity contribution >= 4 is 6.21 Å². The van der Waals surface area contributed by atoms with Crippen LogP contribution in [0, 0.1) is 0 Å². The number of allylic oxidation sites excluding steroid dienone is 5. The van der Waals surface area contributed by atoms with E-state index in [4.69, 9.17) is 0 Å². The molecule has 1 heteroatoms. The van der Waals surface area contributed by atoms with Crippen molar-refractivity contribution in [1.29, 1.82) is 0 Å². The molecule has 1 rings (SSSR count). The molecule has 0 radical (unpaired) electrons. The summed E-state index contributed by atoms with van der Waals surface area (Å²) in [6, 6.07) is 0. The van der Waals surface area contributed by atoms with E-state index in [1.807, 2.05) is 19.2 Å². The molecule has 0 aliphatic heterocycles. The van der Waals surface area contributed by atoms with E-state index in [0.717, 1.165) is 6.54 Å². The molecule has 52 valence electrons. The van der Waals surface area contributed by atoms with Crippen LogP contribution in [0.15, 0.2) is 40.9 Å². The second kappa shape index (κ2) is 3.83. The molecule has 0 aromatic carbocycles. The molecule has 0 saturated carbocycles. The molecule has 0 unspecified atom stereocenters. The number of rotatable bonds is 3. The summed E-state index contributed by atoms with van der Waals surface area (Å²) in [4.78, 5) is 4.04. The van der Waals surface area contributed by atoms with E-state index in [0.29, 0.717) is 0 Å². The zero-order valence-corrected chi connectivity index (χ0v) is 6.12. The second-order valence-corrected chi connectivity index (χ2v) is 2.05. The van der Waals surface area contributed by atoms with Gasteiger partial charge in [0, 0.05) is 0 Å². The maximum atomic E-state index is 4.04. The van der Waals surface area contributed by atoms with Crippen LogP contribution in [0.2, 0.25) is 0 Å². The van der Waals surface area contributed by atoms with Gasteiger partial charge in [0.15, 0.2) is 0 Å². The van der Waals surface area contributed by atoms with Crippen molar-refractivity contribution in [3.05, 3.63) is 36.0 Å². The minimum Gasteiger partial charge on any atom is -0.294 e. The summed E-state index contributed by atoms with van der Waals surface area (Å²) in [5.74, 6) is 0. The van der Waals surface area contributed by atoms with Crippen LogP contribution in [0.3, 0.4) is 0 Å². The number of hydrogen-bond donors (Lipinski definition) is 0. The average Bonchev–Trinajstić information content (AvgIpc) is 1.84. The van der Waals surface area contributed by atoms with E-state index in [9.17, 15) is 0 Å². The molecule has 10 heavy (non-hydrogen) atoms. The number of hydrogen-bond acceptors (Lipinski definition) is 1. The van der Waals surface area contributed by atoms with Gasteiger partial charge in [0.1, 0.15) is 0 Å². The number of aliphatic imine (C=N–C) groups is 1. The van der Waals surface area contributed by atoms with Gasteiger partial charge < -0.3 is 0 Å². The van der Waals surface area contributed by atoms with Crippen molar-refractivity contribution in [2.75, 3.05) is 6.54 Å². The Kier molecular flexibility index (Phi) is 2.68. The van der Waals surface area contributed by atoms with E-state index in [-0.39, 0.29) is 0 Å². The lowest BCUT2D eigenvalue weighted by atomic mass is 10.1. The predicted molar refractivity (Wildman–Crippen MR) is 45.4 cm³/mol. The topological polar surface area (TPSA) is 12.4 Å². The molecule has 0 fully saturated rings. The van der Waals surface area contributed by atoms with Crippen LogP contribution in [0.5, 0.6) is 0 Å². The minimum atomic E-state index is 0.793. The Morgan fingerprint density at radius 3 is 2.90 bits per heavy atom. The fourth-order valence-corrected chi connectivity index (χ4v) is 0.674. The molecule has 1 aliphatic rings. The summed E-state index contributed by atoms with van der Waals surface area (Å²) in [6.45, 7) is 2.72. The van der Waals surface area contributed by atoms with E-state index in [1.165, 1.54) is 5.57 Å². The third-order valence-electron chi connectivity index (χ3n) is 1.28. The third-order valence-corrected chi connectivity index (χ3v) is 1.28. The first kappa shape index (κ1) is 7.00. The standard InChI is InChI=1S/C9H11N/c1-2-10-8-4-7-9-5-3-6-9/h2-7H,8H2,1H3/b7-4-,10-2?. The van der Waals surface area contributed by atoms with Crippen LogP contribution in [0.1, 0.15) is 6.92 Å². The van der Waals surface area contributed by atoms with Gasteiger partial charge in [-0.25, -0.2) is 0 Å². The molecule has 1 aliphatic carbocycles. The molecule has 0 aromatic heterocycles. The van der Waals surface area contributed by atoms with E-state index in [2.05, 4.69) is 29.3 Å². The minimum absolute atomic E-state index is 0.793. The highest BCUT2D eigenvalue weighted by Crippen LogP contribution is 2.07. The van der Waals surface area contributed by atoms with E-state index < -0.39 is 0 Å². The first-order valence-corrected chi connectivity index (χ1v) is 3.43. The van der Waals surface area contributed by atoms with Crippen LogP contribution in [0.25, 0.3) is 0 Å². The Balaban J connectivity index is 2.17. The van der Waals surface area contributed by atoms with Gasteiger partial charge in [0.25, 0.3) is 0 Å². The fourth-order valence-electron chi connectivity index (χ4n) is 0.674. The van der Waals surface area contributed by atoms with Crippen LogP contribution in [-0.2, 0) is 0 Å². The lowest BCUT2D eigenvalue weighted by Crippen LogP contribution is -1.79. The second-order valence-electron chi connectivity index (χ2n) is 2.05. The summed E-state index contributed by atoms with van der Waals surface area (Å²) in [5.41, 5.74) is 1.28. The fraction of sp³-hybridized carbons (Fsp3) is 0.222. The van der Waals surface area contributed by atoms with Gasteiger partial charge in [-0.2, -0.15) is 0 Å². The molecule has 0 amide bonds. The van der Waals surface area contributed by atoms with Gasteiger partial charge in [-0.1, -0.05) is 30.4 Å². The summed E-state index contributed by atoms with van der Waals surface area (Å²) in [5, 5.41) is 0. The molecule has 0 heterocycles. The third kappa shape index (κ3) is 2.02.